The number of aromatic nitrogens is 3. The van der Waals surface area contributed by atoms with E-state index in [1.54, 1.807) is 0 Å². The highest BCUT2D eigenvalue weighted by molar-refractivity contribution is 5.92. The molecule has 2 aromatic heterocycles. The maximum Gasteiger partial charge on any atom is 0.405 e. The highest BCUT2D eigenvalue weighted by Gasteiger charge is 2.27. The Hall–Kier alpha value is -2.53. The van der Waals surface area contributed by atoms with Crippen molar-refractivity contribution in [3.8, 4) is 0 Å². The number of pyridine rings is 1. The Morgan fingerprint density at radius 2 is 1.69 bits per heavy atom. The number of carbonyl (C=O) groups excluding carboxylic acids is 1. The van der Waals surface area contributed by atoms with Gasteiger partial charge in [0, 0.05) is 32.2 Å². The first kappa shape index (κ1) is 22.7. The van der Waals surface area contributed by atoms with Crippen LogP contribution in [0, 0.1) is 0 Å². The van der Waals surface area contributed by atoms with E-state index in [0.29, 0.717) is 11.0 Å². The maximum absolute atomic E-state index is 12.6. The molecule has 0 aromatic carbocycles. The molecule has 4 rings (SSSR count). The van der Waals surface area contributed by atoms with E-state index in [-0.39, 0.29) is 23.6 Å². The van der Waals surface area contributed by atoms with Crippen LogP contribution >= 0.6 is 0 Å². The summed E-state index contributed by atoms with van der Waals surface area (Å²) in [5, 5.41) is 5.23. The number of rotatable bonds is 7. The minimum Gasteiger partial charge on any atom is -0.361 e. The lowest BCUT2D eigenvalue weighted by molar-refractivity contribution is -0.115. The lowest BCUT2D eigenvalue weighted by atomic mass is 10.0. The fourth-order valence-corrected chi connectivity index (χ4v) is 4.16. The SMILES string of the molecule is O=C(NC1CCN(CCN2CCCC2)CC1)c1ncc2nc(NCC(F)(F)F)ccc2n1. The Labute approximate surface area is 184 Å². The summed E-state index contributed by atoms with van der Waals surface area (Å²) in [6, 6.07) is 3.01. The number of hydrogen-bond donors (Lipinski definition) is 2. The molecule has 0 radical (unpaired) electrons. The second kappa shape index (κ2) is 9.95. The van der Waals surface area contributed by atoms with Crippen LogP contribution in [0.5, 0.6) is 0 Å². The first-order valence-electron chi connectivity index (χ1n) is 11.1. The smallest absolute Gasteiger partial charge is 0.361 e. The molecule has 2 N–H and O–H groups in total. The molecule has 32 heavy (non-hydrogen) atoms. The number of carbonyl (C=O) groups is 1. The van der Waals surface area contributed by atoms with Crippen molar-refractivity contribution in [1.82, 2.24) is 30.1 Å². The number of anilines is 1. The predicted molar refractivity (Wildman–Crippen MR) is 114 cm³/mol. The number of alkyl halides is 3. The van der Waals surface area contributed by atoms with Gasteiger partial charge in [-0.2, -0.15) is 13.2 Å². The number of amides is 1. The van der Waals surface area contributed by atoms with Gasteiger partial charge in [0.15, 0.2) is 0 Å². The van der Waals surface area contributed by atoms with Crippen LogP contribution in [0.25, 0.3) is 11.0 Å². The molecule has 8 nitrogen and oxygen atoms in total. The first-order chi connectivity index (χ1) is 15.4. The summed E-state index contributed by atoms with van der Waals surface area (Å²) in [6.45, 7) is 5.33. The topological polar surface area (TPSA) is 86.3 Å². The van der Waals surface area contributed by atoms with Crippen molar-refractivity contribution in [3.05, 3.63) is 24.2 Å². The largest absolute Gasteiger partial charge is 0.405 e. The van der Waals surface area contributed by atoms with Crippen molar-refractivity contribution in [1.29, 1.82) is 0 Å². The minimum atomic E-state index is -4.33. The molecule has 11 heteroatoms. The van der Waals surface area contributed by atoms with Crippen LogP contribution in [0.1, 0.15) is 36.3 Å². The Bertz CT molecular complexity index is 925. The standard InChI is InChI=1S/C21H28F3N7O/c22-21(23,24)14-26-18-4-3-16-17(28-18)13-25-19(29-16)20(32)27-15-5-9-31(10-6-15)12-11-30-7-1-2-8-30/h3-4,13,15H,1-2,5-12,14H2,(H,26,28)(H,27,32). The fraction of sp³-hybridized carbons (Fsp3) is 0.619. The van der Waals surface area contributed by atoms with Crippen molar-refractivity contribution in [2.45, 2.75) is 37.9 Å². The van der Waals surface area contributed by atoms with Gasteiger partial charge in [0.1, 0.15) is 17.9 Å². The summed E-state index contributed by atoms with van der Waals surface area (Å²) in [4.78, 5) is 29.9. The molecule has 2 saturated heterocycles. The van der Waals surface area contributed by atoms with Crippen LogP contribution in [-0.2, 0) is 0 Å². The quantitative estimate of drug-likeness (QED) is 0.668. The molecule has 174 valence electrons. The molecule has 0 atom stereocenters. The second-order valence-electron chi connectivity index (χ2n) is 8.40. The minimum absolute atomic E-state index is 0.0340. The monoisotopic (exact) mass is 451 g/mol. The second-order valence-corrected chi connectivity index (χ2v) is 8.40. The summed E-state index contributed by atoms with van der Waals surface area (Å²) >= 11 is 0. The molecule has 2 aliphatic rings. The number of piperidine rings is 1. The van der Waals surface area contributed by atoms with Gasteiger partial charge in [-0.3, -0.25) is 4.79 Å². The molecule has 4 heterocycles. The van der Waals surface area contributed by atoms with E-state index in [1.807, 2.05) is 0 Å². The van der Waals surface area contributed by atoms with Gasteiger partial charge in [0.25, 0.3) is 5.91 Å². The van der Waals surface area contributed by atoms with Crippen molar-refractivity contribution in [3.63, 3.8) is 0 Å². The van der Waals surface area contributed by atoms with Crippen molar-refractivity contribution in [2.75, 3.05) is 51.1 Å². The van der Waals surface area contributed by atoms with Crippen LogP contribution in [0.4, 0.5) is 19.0 Å². The molecular weight excluding hydrogens is 423 g/mol. The zero-order valence-corrected chi connectivity index (χ0v) is 17.9. The van der Waals surface area contributed by atoms with Crippen LogP contribution < -0.4 is 10.6 Å². The third-order valence-corrected chi connectivity index (χ3v) is 5.96. The molecule has 0 bridgehead atoms. The Morgan fingerprint density at radius 1 is 1.00 bits per heavy atom. The van der Waals surface area contributed by atoms with Gasteiger partial charge in [-0.1, -0.05) is 0 Å². The van der Waals surface area contributed by atoms with Crippen molar-refractivity contribution < 1.29 is 18.0 Å². The first-order valence-corrected chi connectivity index (χ1v) is 11.1. The molecule has 2 aromatic rings. The Kier molecular flexibility index (Phi) is 7.04. The lowest BCUT2D eigenvalue weighted by Crippen LogP contribution is -2.46. The number of hydrogen-bond acceptors (Lipinski definition) is 7. The van der Waals surface area contributed by atoms with Crippen LogP contribution in [-0.4, -0.2) is 88.7 Å². The fourth-order valence-electron chi connectivity index (χ4n) is 4.16. The lowest BCUT2D eigenvalue weighted by Gasteiger charge is -2.33. The summed E-state index contributed by atoms with van der Waals surface area (Å²) in [6.07, 6.45) is 1.40. The van der Waals surface area contributed by atoms with Crippen molar-refractivity contribution in [2.24, 2.45) is 0 Å². The summed E-state index contributed by atoms with van der Waals surface area (Å²) in [5.41, 5.74) is 0.722. The molecule has 0 unspecified atom stereocenters. The van der Waals surface area contributed by atoms with Gasteiger partial charge in [-0.25, -0.2) is 15.0 Å². The Morgan fingerprint density at radius 3 is 2.38 bits per heavy atom. The molecule has 2 fully saturated rings. The summed E-state index contributed by atoms with van der Waals surface area (Å²) in [7, 11) is 0. The maximum atomic E-state index is 12.6. The average Bonchev–Trinajstić information content (AvgIpc) is 3.30. The van der Waals surface area contributed by atoms with E-state index in [4.69, 9.17) is 0 Å². The van der Waals surface area contributed by atoms with Gasteiger partial charge in [0.05, 0.1) is 11.7 Å². The van der Waals surface area contributed by atoms with Crippen LogP contribution in [0.2, 0.25) is 0 Å². The van der Waals surface area contributed by atoms with E-state index < -0.39 is 12.7 Å². The van der Waals surface area contributed by atoms with Crippen molar-refractivity contribution >= 4 is 22.8 Å². The zero-order chi connectivity index (χ0) is 22.6. The van der Waals surface area contributed by atoms with E-state index in [1.165, 1.54) is 44.3 Å². The summed E-state index contributed by atoms with van der Waals surface area (Å²) < 4.78 is 37.0. The number of nitrogens with zero attached hydrogens (tertiary/aromatic N) is 5. The molecule has 0 spiro atoms. The van der Waals surface area contributed by atoms with E-state index >= 15 is 0 Å². The van der Waals surface area contributed by atoms with Gasteiger partial charge < -0.3 is 20.4 Å². The molecular formula is C21H28F3N7O. The highest BCUT2D eigenvalue weighted by Crippen LogP contribution is 2.18. The van der Waals surface area contributed by atoms with Gasteiger partial charge >= 0.3 is 6.18 Å². The third-order valence-electron chi connectivity index (χ3n) is 5.96. The number of halogens is 3. The Balaban J connectivity index is 1.27. The van der Waals surface area contributed by atoms with E-state index in [9.17, 15) is 18.0 Å². The highest BCUT2D eigenvalue weighted by atomic mass is 19.4. The van der Waals surface area contributed by atoms with E-state index in [0.717, 1.165) is 39.0 Å². The summed E-state index contributed by atoms with van der Waals surface area (Å²) in [5.74, 6) is -0.236. The van der Waals surface area contributed by atoms with Gasteiger partial charge in [-0.15, -0.1) is 0 Å². The van der Waals surface area contributed by atoms with Crippen LogP contribution in [0.3, 0.4) is 0 Å². The van der Waals surface area contributed by atoms with Gasteiger partial charge in [0.2, 0.25) is 5.82 Å². The van der Waals surface area contributed by atoms with Crippen LogP contribution in [0.15, 0.2) is 18.3 Å². The average molecular weight is 451 g/mol. The predicted octanol–water partition coefficient (Wildman–Crippen LogP) is 2.29. The molecule has 1 amide bonds. The molecule has 0 saturated carbocycles. The molecule has 0 aliphatic carbocycles. The number of likely N-dealkylation sites (tertiary alicyclic amines) is 2. The zero-order valence-electron chi connectivity index (χ0n) is 17.9. The number of nitrogens with one attached hydrogen (secondary N) is 2. The van der Waals surface area contributed by atoms with E-state index in [2.05, 4.69) is 35.4 Å². The number of fused-ring (bicyclic) bond motifs is 1. The molecule has 2 aliphatic heterocycles. The third kappa shape index (κ3) is 6.26. The normalized spacial score (nSPS) is 18.8. The van der Waals surface area contributed by atoms with Gasteiger partial charge in [-0.05, 0) is 50.9 Å².